The first-order valence-electron chi connectivity index (χ1n) is 12.5. The van der Waals surface area contributed by atoms with Crippen LogP contribution >= 0.6 is 34.4 Å². The molecule has 14 heteroatoms. The molecule has 3 amide bonds. The van der Waals surface area contributed by atoms with Gasteiger partial charge in [0.25, 0.3) is 11.1 Å². The van der Waals surface area contributed by atoms with Crippen molar-refractivity contribution in [3.63, 3.8) is 0 Å². The first kappa shape index (κ1) is 31.9. The van der Waals surface area contributed by atoms with Gasteiger partial charge in [-0.2, -0.15) is 13.2 Å². The molecule has 1 aliphatic heterocycles. The van der Waals surface area contributed by atoms with E-state index in [1.165, 1.54) is 24.3 Å². The van der Waals surface area contributed by atoms with Gasteiger partial charge in [0, 0.05) is 5.69 Å². The summed E-state index contributed by atoms with van der Waals surface area (Å²) in [4.78, 5) is 49.8. The number of rotatable bonds is 10. The van der Waals surface area contributed by atoms with E-state index in [2.05, 4.69) is 5.32 Å². The molecule has 0 unspecified atom stereocenters. The van der Waals surface area contributed by atoms with E-state index in [9.17, 15) is 32.3 Å². The summed E-state index contributed by atoms with van der Waals surface area (Å²) >= 11 is 2.66. The first-order valence-corrected chi connectivity index (χ1v) is 14.4. The number of ether oxygens (including phenoxy) is 2. The van der Waals surface area contributed by atoms with Crippen LogP contribution in [-0.2, 0) is 22.4 Å². The Hall–Kier alpha value is -4.05. The Bertz CT molecular complexity index is 1610. The summed E-state index contributed by atoms with van der Waals surface area (Å²) in [5, 5.41) is 10.6. The van der Waals surface area contributed by atoms with Crippen LogP contribution in [0.1, 0.15) is 34.0 Å². The minimum absolute atomic E-state index is 0.0438. The number of nitrogens with zero attached hydrogens (tertiary/aromatic N) is 1. The molecular weight excluding hydrogens is 704 g/mol. The Labute approximate surface area is 261 Å². The third-order valence-electron chi connectivity index (χ3n) is 5.86. The van der Waals surface area contributed by atoms with Gasteiger partial charge in [-0.3, -0.25) is 19.3 Å². The van der Waals surface area contributed by atoms with Crippen LogP contribution in [0, 0.1) is 3.57 Å². The van der Waals surface area contributed by atoms with Crippen LogP contribution in [-0.4, -0.2) is 46.2 Å². The number of halogens is 4. The van der Waals surface area contributed by atoms with Crippen molar-refractivity contribution in [1.82, 2.24) is 4.90 Å². The second-order valence-corrected chi connectivity index (χ2v) is 11.1. The lowest BCUT2D eigenvalue weighted by atomic mass is 10.1. The quantitative estimate of drug-likeness (QED) is 0.176. The number of hydrogen-bond acceptors (Lipinski definition) is 7. The minimum atomic E-state index is -4.60. The molecule has 0 radical (unpaired) electrons. The average molecular weight is 726 g/mol. The van der Waals surface area contributed by atoms with Gasteiger partial charge in [0.05, 0.1) is 26.2 Å². The molecule has 2 N–H and O–H groups in total. The van der Waals surface area contributed by atoms with Gasteiger partial charge < -0.3 is 19.9 Å². The second kappa shape index (κ2) is 13.5. The molecule has 224 valence electrons. The van der Waals surface area contributed by atoms with E-state index in [1.807, 2.05) is 22.6 Å². The maximum atomic E-state index is 13.0. The van der Waals surface area contributed by atoms with Crippen molar-refractivity contribution in [3.05, 3.63) is 91.4 Å². The number of carboxylic acids is 1. The van der Waals surface area contributed by atoms with E-state index in [1.54, 1.807) is 31.2 Å². The molecule has 1 aliphatic rings. The summed E-state index contributed by atoms with van der Waals surface area (Å²) in [6.45, 7) is 1.54. The number of carbonyl (C=O) groups is 4. The third kappa shape index (κ3) is 8.07. The number of thioether (sulfide) groups is 1. The van der Waals surface area contributed by atoms with E-state index in [0.29, 0.717) is 43.9 Å². The van der Waals surface area contributed by atoms with E-state index >= 15 is 0 Å². The number of anilines is 1. The van der Waals surface area contributed by atoms with Crippen molar-refractivity contribution in [2.75, 3.05) is 18.5 Å². The molecule has 3 aromatic rings. The molecule has 1 fully saturated rings. The number of nitrogens with one attached hydrogen (secondary N) is 1. The number of alkyl halides is 3. The van der Waals surface area contributed by atoms with Crippen LogP contribution in [0.15, 0.2) is 65.6 Å². The van der Waals surface area contributed by atoms with Gasteiger partial charge in [0.1, 0.15) is 13.2 Å². The number of benzene rings is 3. The molecule has 4 rings (SSSR count). The normalized spacial score (nSPS) is 14.3. The molecular formula is C29H22F3IN2O7S. The zero-order valence-corrected chi connectivity index (χ0v) is 25.2. The number of amides is 3. The fraction of sp³-hybridized carbons (Fsp3) is 0.172. The van der Waals surface area contributed by atoms with Crippen molar-refractivity contribution < 1.29 is 46.9 Å². The topological polar surface area (TPSA) is 122 Å². The molecule has 0 spiro atoms. The second-order valence-electron chi connectivity index (χ2n) is 8.95. The Balaban J connectivity index is 1.47. The van der Waals surface area contributed by atoms with E-state index < -0.39 is 41.3 Å². The standard InChI is InChI=1S/C29H22F3IN2O7S/c1-2-41-22-11-17(10-21(33)25(22)42-15-16-6-8-18(9-7-16)27(38)39)12-23-26(37)35(28(40)43-23)14-24(36)34-20-5-3-4-19(13-20)29(30,31)32/h3-13H,2,14-15H2,1H3,(H,34,36)(H,38,39)/b23-12-. The molecule has 1 heterocycles. The number of carbonyl (C=O) groups excluding carboxylic acids is 3. The van der Waals surface area contributed by atoms with Gasteiger partial charge in [-0.25, -0.2) is 4.79 Å². The number of carboxylic acid groups (broad SMARTS) is 1. The van der Waals surface area contributed by atoms with Gasteiger partial charge in [0.2, 0.25) is 5.91 Å². The molecule has 0 aromatic heterocycles. The highest BCUT2D eigenvalue weighted by Crippen LogP contribution is 2.38. The fourth-order valence-corrected chi connectivity index (χ4v) is 5.50. The first-order chi connectivity index (χ1) is 20.3. The molecule has 9 nitrogen and oxygen atoms in total. The highest BCUT2D eigenvalue weighted by Gasteiger charge is 2.36. The van der Waals surface area contributed by atoms with Gasteiger partial charge in [-0.05, 0) is 101 Å². The molecule has 43 heavy (non-hydrogen) atoms. The number of imide groups is 1. The van der Waals surface area contributed by atoms with Gasteiger partial charge in [0.15, 0.2) is 11.5 Å². The van der Waals surface area contributed by atoms with Crippen molar-refractivity contribution in [2.24, 2.45) is 0 Å². The molecule has 0 aliphatic carbocycles. The maximum Gasteiger partial charge on any atom is 0.416 e. The summed E-state index contributed by atoms with van der Waals surface area (Å²) in [6.07, 6.45) is -3.13. The van der Waals surface area contributed by atoms with Crippen LogP contribution in [0.2, 0.25) is 0 Å². The summed E-state index contributed by atoms with van der Waals surface area (Å²) < 4.78 is 51.2. The number of hydrogen-bond donors (Lipinski definition) is 2. The third-order valence-corrected chi connectivity index (χ3v) is 7.57. The molecule has 3 aromatic carbocycles. The van der Waals surface area contributed by atoms with Gasteiger partial charge in [-0.1, -0.05) is 18.2 Å². The maximum absolute atomic E-state index is 13.0. The lowest BCUT2D eigenvalue weighted by Gasteiger charge is -2.15. The van der Waals surface area contributed by atoms with Gasteiger partial charge in [-0.15, -0.1) is 0 Å². The average Bonchev–Trinajstić information content (AvgIpc) is 3.19. The largest absolute Gasteiger partial charge is 0.490 e. The van der Waals surface area contributed by atoms with Gasteiger partial charge >= 0.3 is 12.1 Å². The molecule has 0 bridgehead atoms. The monoisotopic (exact) mass is 726 g/mol. The lowest BCUT2D eigenvalue weighted by molar-refractivity contribution is -0.137. The van der Waals surface area contributed by atoms with E-state index in [-0.39, 0.29) is 22.8 Å². The smallest absolute Gasteiger partial charge is 0.416 e. The Morgan fingerprint density at radius 2 is 1.79 bits per heavy atom. The summed E-state index contributed by atoms with van der Waals surface area (Å²) in [6, 6.07) is 13.6. The predicted molar refractivity (Wildman–Crippen MR) is 161 cm³/mol. The van der Waals surface area contributed by atoms with E-state index in [4.69, 9.17) is 14.6 Å². The van der Waals surface area contributed by atoms with Crippen molar-refractivity contribution in [2.45, 2.75) is 19.7 Å². The van der Waals surface area contributed by atoms with Crippen LogP contribution in [0.25, 0.3) is 6.08 Å². The van der Waals surface area contributed by atoms with Crippen LogP contribution in [0.4, 0.5) is 23.7 Å². The Kier molecular flexibility index (Phi) is 10.0. The van der Waals surface area contributed by atoms with E-state index in [0.717, 1.165) is 23.8 Å². The lowest BCUT2D eigenvalue weighted by Crippen LogP contribution is -2.36. The number of aromatic carboxylic acids is 1. The SMILES string of the molecule is CCOc1cc(/C=C2\SC(=O)N(CC(=O)Nc3cccc(C(F)(F)F)c3)C2=O)cc(I)c1OCc1ccc(C(=O)O)cc1. The summed E-state index contributed by atoms with van der Waals surface area (Å²) in [5.41, 5.74) is 0.327. The van der Waals surface area contributed by atoms with Crippen molar-refractivity contribution in [1.29, 1.82) is 0 Å². The summed E-state index contributed by atoms with van der Waals surface area (Å²) in [5.74, 6) is -1.79. The molecule has 1 saturated heterocycles. The molecule has 0 atom stereocenters. The van der Waals surface area contributed by atoms with Crippen LogP contribution in [0.3, 0.4) is 0 Å². The predicted octanol–water partition coefficient (Wildman–Crippen LogP) is 6.66. The van der Waals surface area contributed by atoms with Crippen LogP contribution in [0.5, 0.6) is 11.5 Å². The summed E-state index contributed by atoms with van der Waals surface area (Å²) in [7, 11) is 0. The van der Waals surface area contributed by atoms with Crippen LogP contribution < -0.4 is 14.8 Å². The highest BCUT2D eigenvalue weighted by atomic mass is 127. The van der Waals surface area contributed by atoms with Crippen molar-refractivity contribution >= 4 is 69.1 Å². The molecule has 0 saturated carbocycles. The zero-order valence-electron chi connectivity index (χ0n) is 22.2. The Morgan fingerprint density at radius 3 is 2.44 bits per heavy atom. The fourth-order valence-electron chi connectivity index (χ4n) is 3.88. The Morgan fingerprint density at radius 1 is 1.07 bits per heavy atom. The minimum Gasteiger partial charge on any atom is -0.490 e. The van der Waals surface area contributed by atoms with Crippen molar-refractivity contribution in [3.8, 4) is 11.5 Å². The highest BCUT2D eigenvalue weighted by molar-refractivity contribution is 14.1. The zero-order chi connectivity index (χ0) is 31.3.